The third-order valence-electron chi connectivity index (χ3n) is 6.34. The van der Waals surface area contributed by atoms with E-state index < -0.39 is 0 Å². The van der Waals surface area contributed by atoms with Crippen molar-refractivity contribution < 1.29 is 0 Å². The lowest BCUT2D eigenvalue weighted by molar-refractivity contribution is 0.438. The van der Waals surface area contributed by atoms with Crippen molar-refractivity contribution >= 4 is 23.1 Å². The summed E-state index contributed by atoms with van der Waals surface area (Å²) >= 11 is 0. The molecule has 2 aromatic carbocycles. The molecule has 0 unspecified atom stereocenters. The van der Waals surface area contributed by atoms with Gasteiger partial charge in [-0.05, 0) is 66.6 Å². The SMILES string of the molecule is CC1CCN(c2ccc(Nc3ccnc(N4CCc5ccccc5C4)n3)cc2)CC1. The molecule has 5 heteroatoms. The summed E-state index contributed by atoms with van der Waals surface area (Å²) in [5, 5.41) is 3.44. The molecule has 1 saturated heterocycles. The topological polar surface area (TPSA) is 44.3 Å². The summed E-state index contributed by atoms with van der Waals surface area (Å²) in [6, 6.07) is 19.3. The zero-order valence-electron chi connectivity index (χ0n) is 17.6. The molecule has 3 aromatic rings. The predicted molar refractivity (Wildman–Crippen MR) is 124 cm³/mol. The Morgan fingerprint density at radius 1 is 0.867 bits per heavy atom. The molecule has 1 aromatic heterocycles. The van der Waals surface area contributed by atoms with Crippen LogP contribution in [0.25, 0.3) is 0 Å². The molecule has 3 heterocycles. The molecule has 0 aliphatic carbocycles. The largest absolute Gasteiger partial charge is 0.372 e. The quantitative estimate of drug-likeness (QED) is 0.667. The molecule has 5 rings (SSSR count). The molecule has 2 aliphatic heterocycles. The van der Waals surface area contributed by atoms with Gasteiger partial charge in [0.15, 0.2) is 0 Å². The second-order valence-corrected chi connectivity index (χ2v) is 8.52. The van der Waals surface area contributed by atoms with Crippen molar-refractivity contribution in [2.75, 3.05) is 34.8 Å². The second-order valence-electron chi connectivity index (χ2n) is 8.52. The highest BCUT2D eigenvalue weighted by Crippen LogP contribution is 2.26. The van der Waals surface area contributed by atoms with Crippen LogP contribution in [0.2, 0.25) is 0 Å². The van der Waals surface area contributed by atoms with Crippen molar-refractivity contribution in [3.8, 4) is 0 Å². The Kier molecular flexibility index (Phi) is 5.26. The van der Waals surface area contributed by atoms with Crippen molar-refractivity contribution in [2.45, 2.75) is 32.7 Å². The van der Waals surface area contributed by atoms with Gasteiger partial charge in [-0.15, -0.1) is 0 Å². The van der Waals surface area contributed by atoms with Gasteiger partial charge in [0.2, 0.25) is 5.95 Å². The Hall–Kier alpha value is -3.08. The van der Waals surface area contributed by atoms with Crippen LogP contribution in [-0.4, -0.2) is 29.6 Å². The van der Waals surface area contributed by atoms with E-state index in [2.05, 4.69) is 75.6 Å². The Morgan fingerprint density at radius 2 is 1.63 bits per heavy atom. The number of hydrogen-bond donors (Lipinski definition) is 1. The lowest BCUT2D eigenvalue weighted by Gasteiger charge is -2.32. The molecule has 0 atom stereocenters. The van der Waals surface area contributed by atoms with Crippen LogP contribution in [0.15, 0.2) is 60.8 Å². The van der Waals surface area contributed by atoms with Gasteiger partial charge in [-0.1, -0.05) is 31.2 Å². The monoisotopic (exact) mass is 399 g/mol. The molecule has 1 fully saturated rings. The first-order valence-corrected chi connectivity index (χ1v) is 11.0. The first-order chi connectivity index (χ1) is 14.7. The van der Waals surface area contributed by atoms with E-state index >= 15 is 0 Å². The highest BCUT2D eigenvalue weighted by molar-refractivity contribution is 5.61. The summed E-state index contributed by atoms with van der Waals surface area (Å²) in [5.41, 5.74) is 5.17. The van der Waals surface area contributed by atoms with Crippen LogP contribution in [0.1, 0.15) is 30.9 Å². The number of nitrogens with one attached hydrogen (secondary N) is 1. The Balaban J connectivity index is 1.26. The number of rotatable bonds is 4. The van der Waals surface area contributed by atoms with Gasteiger partial charge in [0.1, 0.15) is 5.82 Å². The van der Waals surface area contributed by atoms with E-state index in [-0.39, 0.29) is 0 Å². The van der Waals surface area contributed by atoms with Gasteiger partial charge >= 0.3 is 0 Å². The number of anilines is 4. The average molecular weight is 400 g/mol. The van der Waals surface area contributed by atoms with E-state index in [1.807, 2.05) is 12.3 Å². The molecule has 154 valence electrons. The van der Waals surface area contributed by atoms with Crippen LogP contribution in [0, 0.1) is 5.92 Å². The fraction of sp³-hybridized carbons (Fsp3) is 0.360. The van der Waals surface area contributed by atoms with Gasteiger partial charge in [-0.25, -0.2) is 4.98 Å². The number of hydrogen-bond acceptors (Lipinski definition) is 5. The molecule has 5 nitrogen and oxygen atoms in total. The van der Waals surface area contributed by atoms with E-state index in [0.29, 0.717) is 0 Å². The molecular formula is C25H29N5. The van der Waals surface area contributed by atoms with Crippen LogP contribution in [0.4, 0.5) is 23.1 Å². The van der Waals surface area contributed by atoms with Gasteiger partial charge < -0.3 is 15.1 Å². The van der Waals surface area contributed by atoms with Crippen molar-refractivity contribution in [2.24, 2.45) is 5.92 Å². The maximum atomic E-state index is 4.78. The van der Waals surface area contributed by atoms with Crippen LogP contribution >= 0.6 is 0 Å². The maximum absolute atomic E-state index is 4.78. The Labute approximate surface area is 178 Å². The van der Waals surface area contributed by atoms with E-state index in [1.54, 1.807) is 0 Å². The van der Waals surface area contributed by atoms with E-state index in [4.69, 9.17) is 4.98 Å². The van der Waals surface area contributed by atoms with Gasteiger partial charge in [0.05, 0.1) is 0 Å². The standard InChI is InChI=1S/C25H29N5/c1-19-11-15-29(16-12-19)23-8-6-22(7-9-23)27-24-10-14-26-25(28-24)30-17-13-20-4-2-3-5-21(20)18-30/h2-10,14,19H,11-13,15-18H2,1H3,(H,26,27,28). The zero-order valence-corrected chi connectivity index (χ0v) is 17.6. The Morgan fingerprint density at radius 3 is 2.43 bits per heavy atom. The number of aromatic nitrogens is 2. The lowest BCUT2D eigenvalue weighted by Crippen LogP contribution is -2.32. The average Bonchev–Trinajstić information content (AvgIpc) is 2.80. The van der Waals surface area contributed by atoms with Crippen molar-refractivity contribution in [3.05, 3.63) is 71.9 Å². The third-order valence-corrected chi connectivity index (χ3v) is 6.34. The molecule has 0 spiro atoms. The zero-order chi connectivity index (χ0) is 20.3. The maximum Gasteiger partial charge on any atom is 0.227 e. The first kappa shape index (κ1) is 18.9. The third kappa shape index (κ3) is 4.11. The van der Waals surface area contributed by atoms with E-state index in [9.17, 15) is 0 Å². The van der Waals surface area contributed by atoms with Crippen molar-refractivity contribution in [1.82, 2.24) is 9.97 Å². The predicted octanol–water partition coefficient (Wildman–Crippen LogP) is 5.02. The highest BCUT2D eigenvalue weighted by atomic mass is 15.3. The number of fused-ring (bicyclic) bond motifs is 1. The summed E-state index contributed by atoms with van der Waals surface area (Å²) in [6.45, 7) is 6.47. The lowest BCUT2D eigenvalue weighted by atomic mass is 9.99. The highest BCUT2D eigenvalue weighted by Gasteiger charge is 2.18. The minimum Gasteiger partial charge on any atom is -0.372 e. The van der Waals surface area contributed by atoms with Crippen LogP contribution in [0.5, 0.6) is 0 Å². The summed E-state index contributed by atoms with van der Waals surface area (Å²) in [7, 11) is 0. The molecule has 2 aliphatic rings. The van der Waals surface area contributed by atoms with Gasteiger partial charge in [-0.2, -0.15) is 4.98 Å². The molecule has 1 N–H and O–H groups in total. The van der Waals surface area contributed by atoms with Crippen molar-refractivity contribution in [1.29, 1.82) is 0 Å². The summed E-state index contributed by atoms with van der Waals surface area (Å²) in [6.07, 6.45) is 5.44. The first-order valence-electron chi connectivity index (χ1n) is 11.0. The molecule has 0 saturated carbocycles. The Bertz CT molecular complexity index is 992. The minimum atomic E-state index is 0.786. The van der Waals surface area contributed by atoms with Crippen LogP contribution in [-0.2, 0) is 13.0 Å². The van der Waals surface area contributed by atoms with Gasteiger partial charge in [0.25, 0.3) is 0 Å². The van der Waals surface area contributed by atoms with E-state index in [0.717, 1.165) is 56.0 Å². The normalized spacial score (nSPS) is 17.0. The fourth-order valence-corrected chi connectivity index (χ4v) is 4.41. The molecule has 0 radical (unpaired) electrons. The second kappa shape index (κ2) is 8.34. The van der Waals surface area contributed by atoms with E-state index in [1.165, 1.54) is 29.7 Å². The fourth-order valence-electron chi connectivity index (χ4n) is 4.41. The molecule has 0 bridgehead atoms. The summed E-state index contributed by atoms with van der Waals surface area (Å²) in [5.74, 6) is 2.47. The number of nitrogens with zero attached hydrogens (tertiary/aromatic N) is 4. The van der Waals surface area contributed by atoms with Crippen molar-refractivity contribution in [3.63, 3.8) is 0 Å². The number of piperidine rings is 1. The van der Waals surface area contributed by atoms with Gasteiger partial charge in [0, 0.05) is 43.8 Å². The number of benzene rings is 2. The summed E-state index contributed by atoms with van der Waals surface area (Å²) in [4.78, 5) is 14.1. The molecule has 30 heavy (non-hydrogen) atoms. The van der Waals surface area contributed by atoms with Crippen LogP contribution in [0.3, 0.4) is 0 Å². The van der Waals surface area contributed by atoms with Crippen LogP contribution < -0.4 is 15.1 Å². The molecular weight excluding hydrogens is 370 g/mol. The smallest absolute Gasteiger partial charge is 0.227 e. The summed E-state index contributed by atoms with van der Waals surface area (Å²) < 4.78 is 0. The molecule has 0 amide bonds. The minimum absolute atomic E-state index is 0.786. The van der Waals surface area contributed by atoms with Gasteiger partial charge in [-0.3, -0.25) is 0 Å².